The minimum absolute atomic E-state index is 0.0808. The van der Waals surface area contributed by atoms with Crippen molar-refractivity contribution in [2.45, 2.75) is 76.9 Å². The van der Waals surface area contributed by atoms with Crippen LogP contribution in [-0.4, -0.2) is 49.6 Å². The van der Waals surface area contributed by atoms with Crippen molar-refractivity contribution in [3.8, 4) is 0 Å². The lowest BCUT2D eigenvalue weighted by Gasteiger charge is -2.36. The highest BCUT2D eigenvalue weighted by molar-refractivity contribution is 6.09. The Morgan fingerprint density at radius 1 is 1.21 bits per heavy atom. The van der Waals surface area contributed by atoms with Crippen molar-refractivity contribution < 1.29 is 14.4 Å². The number of imide groups is 1. The van der Waals surface area contributed by atoms with Gasteiger partial charge in [-0.2, -0.15) is 0 Å². The molecule has 0 aromatic carbocycles. The van der Waals surface area contributed by atoms with Crippen LogP contribution in [0.2, 0.25) is 0 Å². The number of carbonyl (C=O) groups excluding carboxylic acids is 3. The second kappa shape index (κ2) is 7.52. The fourth-order valence-corrected chi connectivity index (χ4v) is 4.69. The summed E-state index contributed by atoms with van der Waals surface area (Å²) in [7, 11) is 0. The Balaban J connectivity index is 1.37. The van der Waals surface area contributed by atoms with Crippen molar-refractivity contribution in [1.29, 1.82) is 0 Å². The molecule has 0 unspecified atom stereocenters. The monoisotopic (exact) mass is 388 g/mol. The summed E-state index contributed by atoms with van der Waals surface area (Å²) in [6.07, 6.45) is 7.78. The summed E-state index contributed by atoms with van der Waals surface area (Å²) in [6.45, 7) is 2.84. The fraction of sp³-hybridized carbons (Fsp3) is 0.737. The molecule has 152 valence electrons. The number of carbonyl (C=O) groups is 3. The van der Waals surface area contributed by atoms with E-state index in [1.165, 1.54) is 6.42 Å². The number of hydrogen-bond donors (Lipinski definition) is 2. The smallest absolute Gasteiger partial charge is 0.325 e. The van der Waals surface area contributed by atoms with Crippen LogP contribution in [0, 0.1) is 5.92 Å². The van der Waals surface area contributed by atoms with Gasteiger partial charge in [-0.05, 0) is 31.6 Å². The molecule has 4 amide bonds. The Morgan fingerprint density at radius 3 is 2.89 bits per heavy atom. The lowest BCUT2D eigenvalue weighted by atomic mass is 9.73. The summed E-state index contributed by atoms with van der Waals surface area (Å²) in [5, 5.41) is 14.1. The van der Waals surface area contributed by atoms with Gasteiger partial charge < -0.3 is 15.2 Å². The van der Waals surface area contributed by atoms with Gasteiger partial charge in [0.25, 0.3) is 5.91 Å². The molecule has 3 aliphatic rings. The molecule has 0 bridgehead atoms. The van der Waals surface area contributed by atoms with Crippen LogP contribution >= 0.6 is 0 Å². The molecule has 2 N–H and O–H groups in total. The maximum Gasteiger partial charge on any atom is 0.325 e. The van der Waals surface area contributed by atoms with E-state index in [1.54, 1.807) is 0 Å². The van der Waals surface area contributed by atoms with Gasteiger partial charge in [-0.1, -0.05) is 26.2 Å². The number of amides is 4. The second-order valence-corrected chi connectivity index (χ2v) is 8.21. The van der Waals surface area contributed by atoms with Gasteiger partial charge in [0.1, 0.15) is 17.9 Å². The van der Waals surface area contributed by atoms with E-state index in [-0.39, 0.29) is 30.8 Å². The topological polar surface area (TPSA) is 109 Å². The zero-order valence-corrected chi connectivity index (χ0v) is 16.4. The van der Waals surface area contributed by atoms with Crippen LogP contribution in [0.25, 0.3) is 0 Å². The molecule has 2 fully saturated rings. The molecular formula is C19H28N6O3. The lowest BCUT2D eigenvalue weighted by molar-refractivity contribution is -0.137. The van der Waals surface area contributed by atoms with E-state index >= 15 is 0 Å². The SMILES string of the molecule is C[C@H]1CCCC[C@@]12NC(=O)N(CC(=O)NCc1nnc3n1CCCCC3)C2=O. The first-order chi connectivity index (χ1) is 13.5. The predicted octanol–water partition coefficient (Wildman–Crippen LogP) is 1.12. The molecule has 1 saturated heterocycles. The Morgan fingerprint density at radius 2 is 2.07 bits per heavy atom. The molecule has 2 aliphatic heterocycles. The number of fused-ring (bicyclic) bond motifs is 1. The number of aryl methyl sites for hydroxylation is 1. The minimum Gasteiger partial charge on any atom is -0.347 e. The maximum atomic E-state index is 12.9. The summed E-state index contributed by atoms with van der Waals surface area (Å²) >= 11 is 0. The molecule has 9 heteroatoms. The van der Waals surface area contributed by atoms with Crippen molar-refractivity contribution in [1.82, 2.24) is 30.3 Å². The Labute approximate surface area is 164 Å². The quantitative estimate of drug-likeness (QED) is 0.752. The van der Waals surface area contributed by atoms with Crippen LogP contribution in [0.4, 0.5) is 4.79 Å². The number of aromatic nitrogens is 3. The summed E-state index contributed by atoms with van der Waals surface area (Å²) in [5.41, 5.74) is -0.833. The first-order valence-electron chi connectivity index (χ1n) is 10.3. The van der Waals surface area contributed by atoms with Crippen molar-refractivity contribution in [2.75, 3.05) is 6.54 Å². The number of nitrogens with one attached hydrogen (secondary N) is 2. The molecular weight excluding hydrogens is 360 g/mol. The maximum absolute atomic E-state index is 12.9. The largest absolute Gasteiger partial charge is 0.347 e. The van der Waals surface area contributed by atoms with Crippen LogP contribution in [0.3, 0.4) is 0 Å². The molecule has 4 rings (SSSR count). The van der Waals surface area contributed by atoms with E-state index in [4.69, 9.17) is 0 Å². The number of rotatable bonds is 4. The molecule has 3 heterocycles. The highest BCUT2D eigenvalue weighted by Gasteiger charge is 2.55. The summed E-state index contributed by atoms with van der Waals surface area (Å²) in [5.74, 6) is 1.13. The summed E-state index contributed by atoms with van der Waals surface area (Å²) in [6, 6.07) is -0.467. The van der Waals surface area contributed by atoms with E-state index in [1.807, 2.05) is 6.92 Å². The van der Waals surface area contributed by atoms with Crippen LogP contribution in [0.1, 0.15) is 63.5 Å². The third-order valence-corrected chi connectivity index (χ3v) is 6.43. The third-order valence-electron chi connectivity index (χ3n) is 6.43. The van der Waals surface area contributed by atoms with Gasteiger partial charge in [0.05, 0.1) is 6.54 Å². The fourth-order valence-electron chi connectivity index (χ4n) is 4.69. The highest BCUT2D eigenvalue weighted by Crippen LogP contribution is 2.38. The lowest BCUT2D eigenvalue weighted by Crippen LogP contribution is -2.54. The summed E-state index contributed by atoms with van der Waals surface area (Å²) < 4.78 is 2.07. The molecule has 9 nitrogen and oxygen atoms in total. The average Bonchev–Trinajstić information content (AvgIpc) is 3.04. The van der Waals surface area contributed by atoms with E-state index in [0.717, 1.165) is 61.6 Å². The molecule has 1 aromatic heterocycles. The highest BCUT2D eigenvalue weighted by atomic mass is 16.2. The molecule has 1 spiro atoms. The van der Waals surface area contributed by atoms with E-state index < -0.39 is 11.6 Å². The number of urea groups is 1. The van der Waals surface area contributed by atoms with Crippen molar-refractivity contribution in [3.63, 3.8) is 0 Å². The van der Waals surface area contributed by atoms with Crippen molar-refractivity contribution in [2.24, 2.45) is 5.92 Å². The Bertz CT molecular complexity index is 791. The third kappa shape index (κ3) is 3.27. The van der Waals surface area contributed by atoms with Crippen LogP contribution < -0.4 is 10.6 Å². The first kappa shape index (κ1) is 18.9. The number of hydrogen-bond acceptors (Lipinski definition) is 5. The standard InChI is InChI=1S/C19H28N6O3/c1-13-7-4-5-9-19(13)17(27)25(18(28)21-19)12-16(26)20-11-15-23-22-14-8-3-2-6-10-24(14)15/h13H,2-12H2,1H3,(H,20,26)(H,21,28)/t13-,19+/m0/s1. The summed E-state index contributed by atoms with van der Waals surface area (Å²) in [4.78, 5) is 38.8. The van der Waals surface area contributed by atoms with Gasteiger partial charge in [-0.25, -0.2) is 4.79 Å². The minimum atomic E-state index is -0.833. The van der Waals surface area contributed by atoms with Crippen molar-refractivity contribution in [3.05, 3.63) is 11.6 Å². The van der Waals surface area contributed by atoms with E-state index in [9.17, 15) is 14.4 Å². The zero-order valence-electron chi connectivity index (χ0n) is 16.4. The molecule has 1 saturated carbocycles. The van der Waals surface area contributed by atoms with Gasteiger partial charge in [0, 0.05) is 13.0 Å². The molecule has 28 heavy (non-hydrogen) atoms. The van der Waals surface area contributed by atoms with Gasteiger partial charge in [-0.15, -0.1) is 10.2 Å². The Hall–Kier alpha value is -2.45. The van der Waals surface area contributed by atoms with Crippen LogP contribution in [0.5, 0.6) is 0 Å². The van der Waals surface area contributed by atoms with Gasteiger partial charge >= 0.3 is 6.03 Å². The normalized spacial score (nSPS) is 27.5. The zero-order chi connectivity index (χ0) is 19.7. The van der Waals surface area contributed by atoms with E-state index in [0.29, 0.717) is 6.42 Å². The molecule has 1 aromatic rings. The van der Waals surface area contributed by atoms with Crippen LogP contribution in [-0.2, 0) is 29.1 Å². The van der Waals surface area contributed by atoms with Crippen molar-refractivity contribution >= 4 is 17.8 Å². The first-order valence-corrected chi connectivity index (χ1v) is 10.3. The number of nitrogens with zero attached hydrogens (tertiary/aromatic N) is 4. The second-order valence-electron chi connectivity index (χ2n) is 8.21. The van der Waals surface area contributed by atoms with Gasteiger partial charge in [0.2, 0.25) is 5.91 Å². The predicted molar refractivity (Wildman–Crippen MR) is 100 cm³/mol. The van der Waals surface area contributed by atoms with Gasteiger partial charge in [0.15, 0.2) is 5.82 Å². The van der Waals surface area contributed by atoms with Gasteiger partial charge in [-0.3, -0.25) is 14.5 Å². The van der Waals surface area contributed by atoms with Crippen LogP contribution in [0.15, 0.2) is 0 Å². The average molecular weight is 388 g/mol. The molecule has 1 aliphatic carbocycles. The molecule has 2 atom stereocenters. The molecule has 0 radical (unpaired) electrons. The van der Waals surface area contributed by atoms with E-state index in [2.05, 4.69) is 25.4 Å². The Kier molecular flexibility index (Phi) is 5.07.